The monoisotopic (exact) mass is 193 g/mol. The SMILES string of the molecule is Cc1nn(C)c(C)c1NC1CC(C)C1. The van der Waals surface area contributed by atoms with E-state index in [2.05, 4.69) is 31.2 Å². The lowest BCUT2D eigenvalue weighted by molar-refractivity contribution is 0.309. The molecule has 14 heavy (non-hydrogen) atoms. The molecular formula is C11H19N3. The van der Waals surface area contributed by atoms with Crippen molar-refractivity contribution in [2.75, 3.05) is 5.32 Å². The molecule has 1 aliphatic carbocycles. The molecule has 1 aliphatic rings. The quantitative estimate of drug-likeness (QED) is 0.780. The predicted molar refractivity (Wildman–Crippen MR) is 58.5 cm³/mol. The van der Waals surface area contributed by atoms with E-state index < -0.39 is 0 Å². The van der Waals surface area contributed by atoms with Crippen molar-refractivity contribution in [2.45, 2.75) is 39.7 Å². The predicted octanol–water partition coefficient (Wildman–Crippen LogP) is 2.25. The number of aromatic nitrogens is 2. The summed E-state index contributed by atoms with van der Waals surface area (Å²) in [6, 6.07) is 0.673. The Morgan fingerprint density at radius 3 is 2.43 bits per heavy atom. The van der Waals surface area contributed by atoms with Gasteiger partial charge in [-0.15, -0.1) is 0 Å². The molecule has 3 nitrogen and oxygen atoms in total. The lowest BCUT2D eigenvalue weighted by Gasteiger charge is -2.34. The number of aryl methyl sites for hydroxylation is 2. The molecule has 1 fully saturated rings. The van der Waals surface area contributed by atoms with Gasteiger partial charge in [0.2, 0.25) is 0 Å². The summed E-state index contributed by atoms with van der Waals surface area (Å²) in [5.41, 5.74) is 3.59. The molecule has 0 amide bonds. The van der Waals surface area contributed by atoms with Crippen LogP contribution < -0.4 is 5.32 Å². The third-order valence-corrected chi connectivity index (χ3v) is 3.23. The van der Waals surface area contributed by atoms with Gasteiger partial charge in [0.1, 0.15) is 0 Å². The zero-order valence-corrected chi connectivity index (χ0v) is 9.46. The smallest absolute Gasteiger partial charge is 0.0827 e. The molecule has 1 saturated carbocycles. The fourth-order valence-electron chi connectivity index (χ4n) is 2.21. The summed E-state index contributed by atoms with van der Waals surface area (Å²) < 4.78 is 1.94. The second kappa shape index (κ2) is 3.30. The third kappa shape index (κ3) is 1.51. The van der Waals surface area contributed by atoms with Crippen LogP contribution in [0, 0.1) is 19.8 Å². The molecule has 78 valence electrons. The number of hydrogen-bond acceptors (Lipinski definition) is 2. The van der Waals surface area contributed by atoms with Gasteiger partial charge in [-0.2, -0.15) is 5.10 Å². The molecule has 1 heterocycles. The first kappa shape index (κ1) is 9.56. The van der Waals surface area contributed by atoms with Gasteiger partial charge in [0, 0.05) is 13.1 Å². The first-order valence-electron chi connectivity index (χ1n) is 5.34. The number of nitrogens with one attached hydrogen (secondary N) is 1. The van der Waals surface area contributed by atoms with Crippen LogP contribution in [0.15, 0.2) is 0 Å². The summed E-state index contributed by atoms with van der Waals surface area (Å²) in [7, 11) is 2.00. The lowest BCUT2D eigenvalue weighted by Crippen LogP contribution is -2.34. The average Bonchev–Trinajstić information content (AvgIpc) is 2.29. The van der Waals surface area contributed by atoms with Gasteiger partial charge in [-0.3, -0.25) is 4.68 Å². The number of nitrogens with zero attached hydrogens (tertiary/aromatic N) is 2. The van der Waals surface area contributed by atoms with Gasteiger partial charge in [-0.1, -0.05) is 6.92 Å². The Kier molecular flexibility index (Phi) is 2.25. The lowest BCUT2D eigenvalue weighted by atomic mass is 9.82. The van der Waals surface area contributed by atoms with Crippen LogP contribution in [0.2, 0.25) is 0 Å². The summed E-state index contributed by atoms with van der Waals surface area (Å²) in [5, 5.41) is 7.98. The minimum absolute atomic E-state index is 0.673. The summed E-state index contributed by atoms with van der Waals surface area (Å²) in [6.45, 7) is 6.49. The molecule has 0 aliphatic heterocycles. The van der Waals surface area contributed by atoms with Crippen LogP contribution in [0.4, 0.5) is 5.69 Å². The van der Waals surface area contributed by atoms with Crippen molar-refractivity contribution >= 4 is 5.69 Å². The Labute approximate surface area is 85.5 Å². The second-order valence-electron chi connectivity index (χ2n) is 4.59. The van der Waals surface area contributed by atoms with Gasteiger partial charge in [-0.25, -0.2) is 0 Å². The number of anilines is 1. The van der Waals surface area contributed by atoms with Gasteiger partial charge in [-0.05, 0) is 32.6 Å². The minimum atomic E-state index is 0.673. The van der Waals surface area contributed by atoms with Crippen molar-refractivity contribution in [1.82, 2.24) is 9.78 Å². The van der Waals surface area contributed by atoms with Crippen molar-refractivity contribution < 1.29 is 0 Å². The van der Waals surface area contributed by atoms with Crippen molar-refractivity contribution in [3.8, 4) is 0 Å². The van der Waals surface area contributed by atoms with E-state index in [1.807, 2.05) is 11.7 Å². The van der Waals surface area contributed by atoms with Gasteiger partial charge in [0.25, 0.3) is 0 Å². The van der Waals surface area contributed by atoms with Crippen LogP contribution in [0.3, 0.4) is 0 Å². The van der Waals surface area contributed by atoms with Gasteiger partial charge < -0.3 is 5.32 Å². The maximum Gasteiger partial charge on any atom is 0.0827 e. The molecule has 0 saturated heterocycles. The maximum atomic E-state index is 4.40. The zero-order valence-electron chi connectivity index (χ0n) is 9.46. The molecule has 0 unspecified atom stereocenters. The highest BCUT2D eigenvalue weighted by atomic mass is 15.3. The van der Waals surface area contributed by atoms with E-state index >= 15 is 0 Å². The largest absolute Gasteiger partial charge is 0.379 e. The van der Waals surface area contributed by atoms with Crippen molar-refractivity contribution in [3.05, 3.63) is 11.4 Å². The standard InChI is InChI=1S/C11H19N3/c1-7-5-10(6-7)12-11-8(2)13-14(4)9(11)3/h7,10,12H,5-6H2,1-4H3. The second-order valence-corrected chi connectivity index (χ2v) is 4.59. The Morgan fingerprint density at radius 1 is 1.36 bits per heavy atom. The van der Waals surface area contributed by atoms with E-state index in [1.165, 1.54) is 24.2 Å². The van der Waals surface area contributed by atoms with Crippen LogP contribution >= 0.6 is 0 Å². The summed E-state index contributed by atoms with van der Waals surface area (Å²) in [6.07, 6.45) is 2.60. The van der Waals surface area contributed by atoms with E-state index in [1.54, 1.807) is 0 Å². The average molecular weight is 193 g/mol. The van der Waals surface area contributed by atoms with Crippen LogP contribution in [0.25, 0.3) is 0 Å². The molecule has 0 atom stereocenters. The molecule has 0 bridgehead atoms. The molecule has 1 N–H and O–H groups in total. The van der Waals surface area contributed by atoms with Crippen molar-refractivity contribution in [1.29, 1.82) is 0 Å². The van der Waals surface area contributed by atoms with Crippen LogP contribution in [-0.2, 0) is 7.05 Å². The third-order valence-electron chi connectivity index (χ3n) is 3.23. The molecular weight excluding hydrogens is 174 g/mol. The summed E-state index contributed by atoms with van der Waals surface area (Å²) >= 11 is 0. The summed E-state index contributed by atoms with van der Waals surface area (Å²) in [5.74, 6) is 0.893. The van der Waals surface area contributed by atoms with E-state index in [0.717, 1.165) is 11.6 Å². The fourth-order valence-corrected chi connectivity index (χ4v) is 2.21. The highest BCUT2D eigenvalue weighted by Gasteiger charge is 2.26. The molecule has 1 aromatic rings. The van der Waals surface area contributed by atoms with E-state index in [9.17, 15) is 0 Å². The van der Waals surface area contributed by atoms with Gasteiger partial charge >= 0.3 is 0 Å². The highest BCUT2D eigenvalue weighted by Crippen LogP contribution is 2.31. The van der Waals surface area contributed by atoms with Crippen LogP contribution in [-0.4, -0.2) is 15.8 Å². The zero-order chi connectivity index (χ0) is 10.3. The Balaban J connectivity index is 2.09. The molecule has 2 rings (SSSR count). The van der Waals surface area contributed by atoms with Crippen molar-refractivity contribution in [3.63, 3.8) is 0 Å². The Hall–Kier alpha value is -0.990. The molecule has 3 heteroatoms. The molecule has 0 spiro atoms. The molecule has 1 aromatic heterocycles. The first-order valence-corrected chi connectivity index (χ1v) is 5.34. The fraction of sp³-hybridized carbons (Fsp3) is 0.727. The van der Waals surface area contributed by atoms with Crippen molar-refractivity contribution in [2.24, 2.45) is 13.0 Å². The van der Waals surface area contributed by atoms with Crippen LogP contribution in [0.5, 0.6) is 0 Å². The van der Waals surface area contributed by atoms with E-state index in [-0.39, 0.29) is 0 Å². The van der Waals surface area contributed by atoms with E-state index in [4.69, 9.17) is 0 Å². The Bertz CT molecular complexity index is 335. The minimum Gasteiger partial charge on any atom is -0.379 e. The first-order chi connectivity index (χ1) is 6.58. The maximum absolute atomic E-state index is 4.40. The summed E-state index contributed by atoms with van der Waals surface area (Å²) in [4.78, 5) is 0. The molecule has 0 radical (unpaired) electrons. The number of rotatable bonds is 2. The van der Waals surface area contributed by atoms with Crippen LogP contribution in [0.1, 0.15) is 31.2 Å². The topological polar surface area (TPSA) is 29.9 Å². The highest BCUT2D eigenvalue weighted by molar-refractivity contribution is 5.53. The van der Waals surface area contributed by atoms with Gasteiger partial charge in [0.05, 0.1) is 17.1 Å². The normalized spacial score (nSPS) is 26.0. The molecule has 0 aromatic carbocycles. The van der Waals surface area contributed by atoms with Gasteiger partial charge in [0.15, 0.2) is 0 Å². The Morgan fingerprint density at radius 2 is 2.00 bits per heavy atom. The van der Waals surface area contributed by atoms with E-state index in [0.29, 0.717) is 6.04 Å². The number of hydrogen-bond donors (Lipinski definition) is 1.